The van der Waals surface area contributed by atoms with Crippen molar-refractivity contribution in [1.82, 2.24) is 10.2 Å². The van der Waals surface area contributed by atoms with E-state index in [0.29, 0.717) is 6.04 Å². The summed E-state index contributed by atoms with van der Waals surface area (Å²) in [4.78, 5) is 2.58. The summed E-state index contributed by atoms with van der Waals surface area (Å²) in [6.07, 6.45) is 1.37. The van der Waals surface area contributed by atoms with E-state index in [9.17, 15) is 0 Å². The molecule has 2 atom stereocenters. The molecule has 1 heterocycles. The van der Waals surface area contributed by atoms with Crippen LogP contribution in [0.4, 0.5) is 0 Å². The summed E-state index contributed by atoms with van der Waals surface area (Å²) in [6, 6.07) is 1.49. The zero-order chi connectivity index (χ0) is 10.6. The van der Waals surface area contributed by atoms with Gasteiger partial charge in [-0.2, -0.15) is 11.8 Å². The molecule has 0 aliphatic carbocycles. The molecule has 1 aliphatic heterocycles. The van der Waals surface area contributed by atoms with Crippen molar-refractivity contribution in [3.8, 4) is 0 Å². The molecule has 1 fully saturated rings. The lowest BCUT2D eigenvalue weighted by molar-refractivity contribution is 0.146. The topological polar surface area (TPSA) is 15.3 Å². The Morgan fingerprint density at radius 3 is 2.64 bits per heavy atom. The Balaban J connectivity index is 2.48. The molecule has 0 radical (unpaired) electrons. The Kier molecular flexibility index (Phi) is 5.28. The van der Waals surface area contributed by atoms with Crippen molar-refractivity contribution >= 4 is 11.8 Å². The van der Waals surface area contributed by atoms with Crippen molar-refractivity contribution in [2.24, 2.45) is 5.92 Å². The first kappa shape index (κ1) is 12.3. The van der Waals surface area contributed by atoms with Crippen LogP contribution in [0.1, 0.15) is 20.3 Å². The predicted octanol–water partition coefficient (Wildman–Crippen LogP) is 1.67. The van der Waals surface area contributed by atoms with E-state index < -0.39 is 0 Å². The van der Waals surface area contributed by atoms with Crippen molar-refractivity contribution < 1.29 is 0 Å². The van der Waals surface area contributed by atoms with E-state index in [1.165, 1.54) is 17.9 Å². The number of nitrogens with zero attached hydrogens (tertiary/aromatic N) is 1. The van der Waals surface area contributed by atoms with Crippen LogP contribution in [0.5, 0.6) is 0 Å². The maximum absolute atomic E-state index is 3.31. The maximum atomic E-state index is 3.31. The van der Waals surface area contributed by atoms with Gasteiger partial charge in [-0.15, -0.1) is 0 Å². The average Bonchev–Trinajstić information content (AvgIpc) is 2.65. The van der Waals surface area contributed by atoms with Crippen LogP contribution in [0, 0.1) is 5.92 Å². The summed E-state index contributed by atoms with van der Waals surface area (Å²) >= 11 is 2.10. The number of likely N-dealkylation sites (N-methyl/N-ethyl adjacent to an activating group) is 2. The number of hydrogen-bond donors (Lipinski definition) is 1. The lowest BCUT2D eigenvalue weighted by Gasteiger charge is -2.35. The van der Waals surface area contributed by atoms with Gasteiger partial charge in [-0.3, -0.25) is 4.90 Å². The Morgan fingerprint density at radius 2 is 2.21 bits per heavy atom. The highest BCUT2D eigenvalue weighted by molar-refractivity contribution is 7.99. The van der Waals surface area contributed by atoms with Crippen LogP contribution >= 0.6 is 11.8 Å². The predicted molar refractivity (Wildman–Crippen MR) is 66.0 cm³/mol. The van der Waals surface area contributed by atoms with E-state index in [2.05, 4.69) is 42.9 Å². The Hall–Kier alpha value is 0.270. The van der Waals surface area contributed by atoms with E-state index in [-0.39, 0.29) is 0 Å². The van der Waals surface area contributed by atoms with Gasteiger partial charge in [-0.25, -0.2) is 0 Å². The highest BCUT2D eigenvalue weighted by Gasteiger charge is 2.27. The third-order valence-corrected chi connectivity index (χ3v) is 4.33. The van der Waals surface area contributed by atoms with E-state index in [1.54, 1.807) is 0 Å². The summed E-state index contributed by atoms with van der Waals surface area (Å²) in [5, 5.41) is 3.31. The lowest BCUT2D eigenvalue weighted by Crippen LogP contribution is -2.47. The van der Waals surface area contributed by atoms with Crippen molar-refractivity contribution in [3.63, 3.8) is 0 Å². The SMILES string of the molecule is CNCC(C(C)C)N(C)C1CCSC1. The molecule has 3 heteroatoms. The minimum absolute atomic E-state index is 0.684. The fraction of sp³-hybridized carbons (Fsp3) is 1.00. The molecular formula is C11H24N2S. The fourth-order valence-electron chi connectivity index (χ4n) is 2.17. The summed E-state index contributed by atoms with van der Waals surface area (Å²) in [5.74, 6) is 3.40. The summed E-state index contributed by atoms with van der Waals surface area (Å²) in [6.45, 7) is 5.75. The van der Waals surface area contributed by atoms with Gasteiger partial charge in [0.05, 0.1) is 0 Å². The van der Waals surface area contributed by atoms with Crippen LogP contribution in [0.25, 0.3) is 0 Å². The second-order valence-electron chi connectivity index (χ2n) is 4.55. The molecule has 2 unspecified atom stereocenters. The smallest absolute Gasteiger partial charge is 0.0243 e. The first-order valence-corrected chi connectivity index (χ1v) is 6.76. The number of hydrogen-bond acceptors (Lipinski definition) is 3. The van der Waals surface area contributed by atoms with Gasteiger partial charge in [0.1, 0.15) is 0 Å². The zero-order valence-electron chi connectivity index (χ0n) is 9.92. The van der Waals surface area contributed by atoms with E-state index in [0.717, 1.165) is 18.5 Å². The summed E-state index contributed by atoms with van der Waals surface area (Å²) in [7, 11) is 4.34. The monoisotopic (exact) mass is 216 g/mol. The number of rotatable bonds is 5. The molecule has 0 aromatic carbocycles. The molecule has 14 heavy (non-hydrogen) atoms. The van der Waals surface area contributed by atoms with Gasteiger partial charge in [0.2, 0.25) is 0 Å². The van der Waals surface area contributed by atoms with Crippen LogP contribution in [-0.2, 0) is 0 Å². The third-order valence-electron chi connectivity index (χ3n) is 3.19. The quantitative estimate of drug-likeness (QED) is 0.752. The molecule has 0 spiro atoms. The second kappa shape index (κ2) is 5.99. The van der Waals surface area contributed by atoms with E-state index in [1.807, 2.05) is 7.05 Å². The van der Waals surface area contributed by atoms with Gasteiger partial charge in [0.15, 0.2) is 0 Å². The molecule has 1 N–H and O–H groups in total. The Morgan fingerprint density at radius 1 is 1.50 bits per heavy atom. The van der Waals surface area contributed by atoms with Gasteiger partial charge >= 0.3 is 0 Å². The number of thioether (sulfide) groups is 1. The highest BCUT2D eigenvalue weighted by atomic mass is 32.2. The van der Waals surface area contributed by atoms with Crippen LogP contribution in [0.15, 0.2) is 0 Å². The highest BCUT2D eigenvalue weighted by Crippen LogP contribution is 2.24. The van der Waals surface area contributed by atoms with Gasteiger partial charge in [-0.05, 0) is 32.2 Å². The third kappa shape index (κ3) is 3.14. The minimum atomic E-state index is 0.684. The van der Waals surface area contributed by atoms with Crippen molar-refractivity contribution in [2.75, 3.05) is 32.1 Å². The Bertz CT molecular complexity index is 155. The molecule has 1 saturated heterocycles. The zero-order valence-corrected chi connectivity index (χ0v) is 10.7. The normalized spacial score (nSPS) is 24.9. The van der Waals surface area contributed by atoms with Crippen molar-refractivity contribution in [2.45, 2.75) is 32.4 Å². The van der Waals surface area contributed by atoms with Crippen LogP contribution in [-0.4, -0.2) is 49.1 Å². The van der Waals surface area contributed by atoms with Crippen molar-refractivity contribution in [1.29, 1.82) is 0 Å². The molecule has 0 aromatic heterocycles. The molecular weight excluding hydrogens is 192 g/mol. The first-order valence-electron chi connectivity index (χ1n) is 5.61. The van der Waals surface area contributed by atoms with Crippen LogP contribution in [0.2, 0.25) is 0 Å². The van der Waals surface area contributed by atoms with Crippen LogP contribution < -0.4 is 5.32 Å². The van der Waals surface area contributed by atoms with E-state index in [4.69, 9.17) is 0 Å². The molecule has 1 aliphatic rings. The van der Waals surface area contributed by atoms with Gasteiger partial charge in [-0.1, -0.05) is 13.8 Å². The molecule has 0 aromatic rings. The van der Waals surface area contributed by atoms with Crippen LogP contribution in [0.3, 0.4) is 0 Å². The van der Waals surface area contributed by atoms with E-state index >= 15 is 0 Å². The molecule has 0 saturated carbocycles. The van der Waals surface area contributed by atoms with Crippen molar-refractivity contribution in [3.05, 3.63) is 0 Å². The lowest BCUT2D eigenvalue weighted by atomic mass is 10.0. The van der Waals surface area contributed by atoms with Gasteiger partial charge in [0, 0.05) is 24.4 Å². The minimum Gasteiger partial charge on any atom is -0.318 e. The van der Waals surface area contributed by atoms with Gasteiger partial charge < -0.3 is 5.32 Å². The Labute approximate surface area is 92.8 Å². The van der Waals surface area contributed by atoms with Gasteiger partial charge in [0.25, 0.3) is 0 Å². The maximum Gasteiger partial charge on any atom is 0.0243 e. The summed E-state index contributed by atoms with van der Waals surface area (Å²) in [5.41, 5.74) is 0. The average molecular weight is 216 g/mol. The molecule has 84 valence electrons. The molecule has 2 nitrogen and oxygen atoms in total. The molecule has 0 bridgehead atoms. The largest absolute Gasteiger partial charge is 0.318 e. The first-order chi connectivity index (χ1) is 6.66. The summed E-state index contributed by atoms with van der Waals surface area (Å²) < 4.78 is 0. The second-order valence-corrected chi connectivity index (χ2v) is 5.70. The molecule has 1 rings (SSSR count). The fourth-order valence-corrected chi connectivity index (χ4v) is 3.45. The number of nitrogens with one attached hydrogen (secondary N) is 1. The standard InChI is InChI=1S/C11H24N2S/c1-9(2)11(7-12-3)13(4)10-5-6-14-8-10/h9-12H,5-8H2,1-4H3. The molecule has 0 amide bonds.